The Hall–Kier alpha value is -1.67. The van der Waals surface area contributed by atoms with Crippen LogP contribution < -0.4 is 16.2 Å². The van der Waals surface area contributed by atoms with Crippen LogP contribution in [0.1, 0.15) is 12.0 Å². The molecule has 0 atom stereocenters. The highest BCUT2D eigenvalue weighted by molar-refractivity contribution is 7.89. The Morgan fingerprint density at radius 2 is 2.06 bits per heavy atom. The van der Waals surface area contributed by atoms with E-state index in [4.69, 9.17) is 11.5 Å². The number of hydrogen-bond acceptors (Lipinski definition) is 4. The molecule has 0 aromatic heterocycles. The Kier molecular flexibility index (Phi) is 4.25. The molecule has 0 radical (unpaired) electrons. The summed E-state index contributed by atoms with van der Waals surface area (Å²) in [4.78, 5) is 10.2. The lowest BCUT2D eigenvalue weighted by molar-refractivity contribution is -0.117. The summed E-state index contributed by atoms with van der Waals surface area (Å²) < 4.78 is 39.0. The third kappa shape index (κ3) is 3.41. The van der Waals surface area contributed by atoms with Gasteiger partial charge in [0.05, 0.1) is 4.90 Å². The van der Waals surface area contributed by atoms with Gasteiger partial charge in [-0.3, -0.25) is 4.79 Å². The van der Waals surface area contributed by atoms with Crippen LogP contribution in [0.5, 0.6) is 0 Å². The van der Waals surface area contributed by atoms with Crippen LogP contribution >= 0.6 is 0 Å². The van der Waals surface area contributed by atoms with Gasteiger partial charge in [0.25, 0.3) is 0 Å². The molecular weight excluding hydrogens is 261 g/mol. The maximum atomic E-state index is 13.4. The number of rotatable bonds is 5. The molecule has 0 unspecified atom stereocenters. The normalized spacial score (nSPS) is 11.4. The predicted molar refractivity (Wildman–Crippen MR) is 64.5 cm³/mol. The first kappa shape index (κ1) is 14.4. The number of halogens is 1. The fraction of sp³-hybridized carbons (Fsp3) is 0.300. The molecule has 6 nitrogen and oxygen atoms in total. The van der Waals surface area contributed by atoms with E-state index in [-0.39, 0.29) is 29.1 Å². The summed E-state index contributed by atoms with van der Waals surface area (Å²) in [7, 11) is -3.90. The van der Waals surface area contributed by atoms with Gasteiger partial charge in [0, 0.05) is 24.2 Å². The summed E-state index contributed by atoms with van der Waals surface area (Å²) in [5.74, 6) is -1.34. The molecule has 0 saturated heterocycles. The molecular formula is C10H14FN3O3S. The Labute approximate surface area is 104 Å². The van der Waals surface area contributed by atoms with Crippen LogP contribution in [0.4, 0.5) is 10.1 Å². The van der Waals surface area contributed by atoms with Crippen molar-refractivity contribution in [3.05, 3.63) is 23.5 Å². The molecule has 0 saturated carbocycles. The number of amides is 1. The highest BCUT2D eigenvalue weighted by Crippen LogP contribution is 2.20. The highest BCUT2D eigenvalue weighted by atomic mass is 32.2. The molecule has 0 spiro atoms. The van der Waals surface area contributed by atoms with Gasteiger partial charge in [0.2, 0.25) is 15.9 Å². The Morgan fingerprint density at radius 3 is 2.56 bits per heavy atom. The summed E-state index contributed by atoms with van der Waals surface area (Å²) in [6, 6.07) is 2.03. The minimum absolute atomic E-state index is 0.0466. The minimum atomic E-state index is -3.90. The SMILES string of the molecule is Cc1c(N)cc(S(=O)(=O)NCCC(N)=O)cc1F. The first-order valence-electron chi connectivity index (χ1n) is 5.07. The van der Waals surface area contributed by atoms with E-state index in [1.807, 2.05) is 0 Å². The molecule has 0 aliphatic heterocycles. The van der Waals surface area contributed by atoms with Crippen molar-refractivity contribution >= 4 is 21.6 Å². The largest absolute Gasteiger partial charge is 0.398 e. The summed E-state index contributed by atoms with van der Waals surface area (Å²) in [6.45, 7) is 1.30. The lowest BCUT2D eigenvalue weighted by Gasteiger charge is -2.08. The van der Waals surface area contributed by atoms with Crippen molar-refractivity contribution in [1.82, 2.24) is 4.72 Å². The van der Waals surface area contributed by atoms with Crippen molar-refractivity contribution in [2.45, 2.75) is 18.2 Å². The van der Waals surface area contributed by atoms with E-state index < -0.39 is 21.7 Å². The van der Waals surface area contributed by atoms with Crippen molar-refractivity contribution in [3.8, 4) is 0 Å². The van der Waals surface area contributed by atoms with E-state index in [2.05, 4.69) is 4.72 Å². The minimum Gasteiger partial charge on any atom is -0.398 e. The van der Waals surface area contributed by atoms with Gasteiger partial charge in [0.15, 0.2) is 0 Å². The van der Waals surface area contributed by atoms with Gasteiger partial charge in [0.1, 0.15) is 5.82 Å². The fourth-order valence-electron chi connectivity index (χ4n) is 1.22. The van der Waals surface area contributed by atoms with E-state index in [0.717, 1.165) is 12.1 Å². The second-order valence-corrected chi connectivity index (χ2v) is 5.50. The van der Waals surface area contributed by atoms with Gasteiger partial charge in [-0.15, -0.1) is 0 Å². The predicted octanol–water partition coefficient (Wildman–Crippen LogP) is -0.130. The standard InChI is InChI=1S/C10H14FN3O3S/c1-6-8(11)4-7(5-9(6)12)18(16,17)14-3-2-10(13)15/h4-5,14H,2-3,12H2,1H3,(H2,13,15). The molecule has 0 heterocycles. The summed E-state index contributed by atoms with van der Waals surface area (Å²) in [5.41, 5.74) is 10.6. The summed E-state index contributed by atoms with van der Waals surface area (Å²) in [5, 5.41) is 0. The van der Waals surface area contributed by atoms with Crippen LogP contribution in [0.15, 0.2) is 17.0 Å². The van der Waals surface area contributed by atoms with Crippen molar-refractivity contribution in [3.63, 3.8) is 0 Å². The van der Waals surface area contributed by atoms with E-state index in [0.29, 0.717) is 0 Å². The van der Waals surface area contributed by atoms with Gasteiger partial charge in [-0.1, -0.05) is 0 Å². The average Bonchev–Trinajstić information content (AvgIpc) is 2.24. The number of anilines is 1. The first-order valence-corrected chi connectivity index (χ1v) is 6.56. The number of primary amides is 1. The van der Waals surface area contributed by atoms with Gasteiger partial charge >= 0.3 is 0 Å². The summed E-state index contributed by atoms with van der Waals surface area (Å²) in [6.07, 6.45) is -0.136. The first-order chi connectivity index (χ1) is 8.24. The zero-order valence-electron chi connectivity index (χ0n) is 9.73. The van der Waals surface area contributed by atoms with Crippen molar-refractivity contribution in [2.24, 2.45) is 5.73 Å². The third-order valence-corrected chi connectivity index (χ3v) is 3.77. The van der Waals surface area contributed by atoms with E-state index in [1.165, 1.54) is 6.92 Å². The highest BCUT2D eigenvalue weighted by Gasteiger charge is 2.17. The smallest absolute Gasteiger partial charge is 0.240 e. The molecule has 18 heavy (non-hydrogen) atoms. The van der Waals surface area contributed by atoms with Crippen LogP contribution in [-0.4, -0.2) is 20.9 Å². The number of nitrogens with two attached hydrogens (primary N) is 2. The van der Waals surface area contributed by atoms with Gasteiger partial charge < -0.3 is 11.5 Å². The number of nitrogens with one attached hydrogen (secondary N) is 1. The van der Waals surface area contributed by atoms with Gasteiger partial charge in [-0.05, 0) is 19.1 Å². The zero-order chi connectivity index (χ0) is 13.9. The van der Waals surface area contributed by atoms with Gasteiger partial charge in [-0.25, -0.2) is 17.5 Å². The van der Waals surface area contributed by atoms with Crippen molar-refractivity contribution in [1.29, 1.82) is 0 Å². The molecule has 0 aliphatic rings. The second-order valence-electron chi connectivity index (χ2n) is 3.73. The topological polar surface area (TPSA) is 115 Å². The molecule has 1 rings (SSSR count). The number of benzene rings is 1. The van der Waals surface area contributed by atoms with Crippen molar-refractivity contribution in [2.75, 3.05) is 12.3 Å². The Balaban J connectivity index is 2.95. The lowest BCUT2D eigenvalue weighted by Crippen LogP contribution is -2.28. The van der Waals surface area contributed by atoms with E-state index in [1.54, 1.807) is 0 Å². The molecule has 5 N–H and O–H groups in total. The summed E-state index contributed by atoms with van der Waals surface area (Å²) >= 11 is 0. The molecule has 1 amide bonds. The average molecular weight is 275 g/mol. The van der Waals surface area contributed by atoms with E-state index in [9.17, 15) is 17.6 Å². The molecule has 1 aromatic rings. The number of nitrogen functional groups attached to an aromatic ring is 1. The quantitative estimate of drug-likeness (QED) is 0.649. The van der Waals surface area contributed by atoms with Crippen molar-refractivity contribution < 1.29 is 17.6 Å². The maximum Gasteiger partial charge on any atom is 0.240 e. The number of sulfonamides is 1. The second kappa shape index (κ2) is 5.32. The molecule has 0 fully saturated rings. The van der Waals surface area contributed by atoms with Crippen LogP contribution in [0.25, 0.3) is 0 Å². The molecule has 0 bridgehead atoms. The molecule has 100 valence electrons. The molecule has 0 aliphatic carbocycles. The van der Waals surface area contributed by atoms with Gasteiger partial charge in [-0.2, -0.15) is 0 Å². The third-order valence-electron chi connectivity index (χ3n) is 2.33. The number of carbonyl (C=O) groups excluding carboxylic acids is 1. The number of carbonyl (C=O) groups is 1. The fourth-order valence-corrected chi connectivity index (χ4v) is 2.30. The van der Waals surface area contributed by atoms with Crippen LogP contribution in [0.2, 0.25) is 0 Å². The Bertz CT molecular complexity index is 549. The Morgan fingerprint density at radius 1 is 1.44 bits per heavy atom. The maximum absolute atomic E-state index is 13.4. The van der Waals surface area contributed by atoms with Crippen LogP contribution in [-0.2, 0) is 14.8 Å². The van der Waals surface area contributed by atoms with Crippen LogP contribution in [0, 0.1) is 12.7 Å². The van der Waals surface area contributed by atoms with Crippen LogP contribution in [0.3, 0.4) is 0 Å². The molecule has 8 heteroatoms. The van der Waals surface area contributed by atoms with E-state index >= 15 is 0 Å². The monoisotopic (exact) mass is 275 g/mol. The molecule has 1 aromatic carbocycles. The number of hydrogen-bond donors (Lipinski definition) is 3. The lowest BCUT2D eigenvalue weighted by atomic mass is 10.2. The zero-order valence-corrected chi connectivity index (χ0v) is 10.6.